The van der Waals surface area contributed by atoms with Gasteiger partial charge in [-0.25, -0.2) is 13.6 Å². The van der Waals surface area contributed by atoms with Crippen molar-refractivity contribution in [2.24, 2.45) is 0 Å². The van der Waals surface area contributed by atoms with E-state index in [1.54, 1.807) is 4.90 Å². The van der Waals surface area contributed by atoms with Gasteiger partial charge in [0.15, 0.2) is 0 Å². The topological polar surface area (TPSA) is 40.5 Å². The molecule has 1 saturated heterocycles. The summed E-state index contributed by atoms with van der Waals surface area (Å²) < 4.78 is 27.9. The molecule has 2 rings (SSSR count). The highest BCUT2D eigenvalue weighted by atomic mass is 19.1. The van der Waals surface area contributed by atoms with Gasteiger partial charge in [-0.1, -0.05) is 6.42 Å². The van der Waals surface area contributed by atoms with E-state index < -0.39 is 23.1 Å². The van der Waals surface area contributed by atoms with Crippen molar-refractivity contribution in [2.75, 3.05) is 13.1 Å². The van der Waals surface area contributed by atoms with Gasteiger partial charge in [0.25, 0.3) is 0 Å². The third kappa shape index (κ3) is 2.42. The van der Waals surface area contributed by atoms with E-state index in [-0.39, 0.29) is 11.1 Å². The standard InChI is InChI=1S/C15H19F2NO2/c1-10-8-13(17)11(9-12(10)16)15(2,14(19)20)18-6-4-3-5-7-18/h8-9H,3-7H2,1-2H3,(H,19,20). The highest BCUT2D eigenvalue weighted by molar-refractivity contribution is 5.80. The van der Waals surface area contributed by atoms with Crippen LogP contribution in [-0.4, -0.2) is 29.1 Å². The van der Waals surface area contributed by atoms with Gasteiger partial charge in [-0.3, -0.25) is 4.90 Å². The molecule has 0 aromatic heterocycles. The Morgan fingerprint density at radius 3 is 2.35 bits per heavy atom. The summed E-state index contributed by atoms with van der Waals surface area (Å²) in [5, 5.41) is 9.59. The van der Waals surface area contributed by atoms with E-state index in [1.807, 2.05) is 0 Å². The zero-order valence-corrected chi connectivity index (χ0v) is 11.7. The number of hydrogen-bond acceptors (Lipinski definition) is 2. The Balaban J connectivity index is 2.52. The first-order valence-corrected chi connectivity index (χ1v) is 6.82. The van der Waals surface area contributed by atoms with Crippen molar-refractivity contribution in [2.45, 2.75) is 38.6 Å². The minimum absolute atomic E-state index is 0.102. The first-order chi connectivity index (χ1) is 9.37. The average Bonchev–Trinajstić information content (AvgIpc) is 2.42. The van der Waals surface area contributed by atoms with E-state index in [4.69, 9.17) is 0 Å². The number of carboxylic acid groups (broad SMARTS) is 1. The lowest BCUT2D eigenvalue weighted by atomic mass is 9.87. The van der Waals surface area contributed by atoms with E-state index in [9.17, 15) is 18.7 Å². The van der Waals surface area contributed by atoms with Gasteiger partial charge in [-0.05, 0) is 57.5 Å². The van der Waals surface area contributed by atoms with Crippen molar-refractivity contribution in [3.8, 4) is 0 Å². The molecule has 0 bridgehead atoms. The number of piperidine rings is 1. The summed E-state index contributed by atoms with van der Waals surface area (Å²) in [7, 11) is 0. The zero-order valence-electron chi connectivity index (χ0n) is 11.7. The molecule has 0 spiro atoms. The lowest BCUT2D eigenvalue weighted by Gasteiger charge is -2.40. The molecular weight excluding hydrogens is 264 g/mol. The van der Waals surface area contributed by atoms with Gasteiger partial charge >= 0.3 is 5.97 Å². The first-order valence-electron chi connectivity index (χ1n) is 6.82. The van der Waals surface area contributed by atoms with Crippen LogP contribution in [0, 0.1) is 18.6 Å². The molecule has 1 unspecified atom stereocenters. The molecule has 0 amide bonds. The van der Waals surface area contributed by atoms with Gasteiger partial charge in [0.1, 0.15) is 17.2 Å². The summed E-state index contributed by atoms with van der Waals surface area (Å²) >= 11 is 0. The third-order valence-corrected chi connectivity index (χ3v) is 4.18. The number of halogens is 2. The summed E-state index contributed by atoms with van der Waals surface area (Å²) in [5.41, 5.74) is -1.45. The minimum Gasteiger partial charge on any atom is -0.480 e. The Bertz CT molecular complexity index is 527. The number of likely N-dealkylation sites (tertiary alicyclic amines) is 1. The molecular formula is C15H19F2NO2. The SMILES string of the molecule is Cc1cc(F)c(C(C)(C(=O)O)N2CCCCC2)cc1F. The Labute approximate surface area is 117 Å². The van der Waals surface area contributed by atoms with Crippen molar-refractivity contribution in [3.63, 3.8) is 0 Å². The van der Waals surface area contributed by atoms with Crippen LogP contribution in [-0.2, 0) is 10.3 Å². The Kier molecular flexibility index (Phi) is 4.09. The maximum Gasteiger partial charge on any atom is 0.328 e. The fourth-order valence-electron chi connectivity index (χ4n) is 2.78. The second-order valence-corrected chi connectivity index (χ2v) is 5.51. The summed E-state index contributed by atoms with van der Waals surface area (Å²) in [4.78, 5) is 13.5. The predicted octanol–water partition coefficient (Wildman–Crippen LogP) is 3.06. The minimum atomic E-state index is -1.53. The van der Waals surface area contributed by atoms with Crippen molar-refractivity contribution in [1.29, 1.82) is 0 Å². The van der Waals surface area contributed by atoms with Gasteiger partial charge < -0.3 is 5.11 Å². The second kappa shape index (κ2) is 5.48. The lowest BCUT2D eigenvalue weighted by molar-refractivity contribution is -0.152. The number of rotatable bonds is 3. The normalized spacial score (nSPS) is 19.6. The Hall–Kier alpha value is -1.49. The van der Waals surface area contributed by atoms with E-state index in [1.165, 1.54) is 13.8 Å². The van der Waals surface area contributed by atoms with Crippen molar-refractivity contribution < 1.29 is 18.7 Å². The highest BCUT2D eigenvalue weighted by Crippen LogP contribution is 2.34. The smallest absolute Gasteiger partial charge is 0.328 e. The van der Waals surface area contributed by atoms with Crippen LogP contribution in [0.1, 0.15) is 37.3 Å². The number of carboxylic acids is 1. The van der Waals surface area contributed by atoms with Crippen LogP contribution in [0.5, 0.6) is 0 Å². The quantitative estimate of drug-likeness (QED) is 0.927. The molecule has 1 fully saturated rings. The largest absolute Gasteiger partial charge is 0.480 e. The summed E-state index contributed by atoms with van der Waals surface area (Å²) in [5.74, 6) is -2.40. The number of hydrogen-bond donors (Lipinski definition) is 1. The Morgan fingerprint density at radius 1 is 1.20 bits per heavy atom. The summed E-state index contributed by atoms with van der Waals surface area (Å²) in [6.45, 7) is 4.07. The van der Waals surface area contributed by atoms with E-state index in [0.29, 0.717) is 13.1 Å². The maximum atomic E-state index is 14.2. The van der Waals surface area contributed by atoms with Crippen molar-refractivity contribution >= 4 is 5.97 Å². The van der Waals surface area contributed by atoms with Crippen molar-refractivity contribution in [3.05, 3.63) is 34.9 Å². The van der Waals surface area contributed by atoms with E-state index >= 15 is 0 Å². The van der Waals surface area contributed by atoms with E-state index in [2.05, 4.69) is 0 Å². The fraction of sp³-hybridized carbons (Fsp3) is 0.533. The zero-order chi connectivity index (χ0) is 14.9. The molecule has 0 aliphatic carbocycles. The molecule has 3 nitrogen and oxygen atoms in total. The van der Waals surface area contributed by atoms with Gasteiger partial charge in [-0.15, -0.1) is 0 Å². The lowest BCUT2D eigenvalue weighted by Crippen LogP contribution is -2.52. The maximum absolute atomic E-state index is 14.2. The molecule has 1 aliphatic heterocycles. The van der Waals surface area contributed by atoms with Crippen LogP contribution in [0.3, 0.4) is 0 Å². The first kappa shape index (κ1) is 14.9. The molecule has 0 radical (unpaired) electrons. The van der Waals surface area contributed by atoms with Crippen LogP contribution in [0.2, 0.25) is 0 Å². The predicted molar refractivity (Wildman–Crippen MR) is 71.5 cm³/mol. The van der Waals surface area contributed by atoms with Crippen LogP contribution in [0.4, 0.5) is 8.78 Å². The number of carbonyl (C=O) groups is 1. The molecule has 1 aliphatic rings. The Morgan fingerprint density at radius 2 is 1.80 bits per heavy atom. The molecule has 1 N–H and O–H groups in total. The van der Waals surface area contributed by atoms with Crippen molar-refractivity contribution in [1.82, 2.24) is 4.90 Å². The molecule has 1 atom stereocenters. The summed E-state index contributed by atoms with van der Waals surface area (Å²) in [6.07, 6.45) is 2.79. The second-order valence-electron chi connectivity index (χ2n) is 5.51. The van der Waals surface area contributed by atoms with Gasteiger partial charge in [0.05, 0.1) is 0 Å². The number of aliphatic carboxylic acids is 1. The monoisotopic (exact) mass is 283 g/mol. The number of benzene rings is 1. The van der Waals surface area contributed by atoms with Crippen LogP contribution in [0.25, 0.3) is 0 Å². The molecule has 1 heterocycles. The highest BCUT2D eigenvalue weighted by Gasteiger charge is 2.44. The average molecular weight is 283 g/mol. The molecule has 1 aromatic carbocycles. The van der Waals surface area contributed by atoms with Crippen LogP contribution >= 0.6 is 0 Å². The van der Waals surface area contributed by atoms with Gasteiger partial charge in [0.2, 0.25) is 0 Å². The summed E-state index contributed by atoms with van der Waals surface area (Å²) in [6, 6.07) is 2.09. The number of nitrogens with zero attached hydrogens (tertiary/aromatic N) is 1. The molecule has 5 heteroatoms. The van der Waals surface area contributed by atoms with E-state index in [0.717, 1.165) is 31.4 Å². The number of aryl methyl sites for hydroxylation is 1. The molecule has 0 saturated carbocycles. The molecule has 20 heavy (non-hydrogen) atoms. The third-order valence-electron chi connectivity index (χ3n) is 4.18. The van der Waals surface area contributed by atoms with Crippen LogP contribution in [0.15, 0.2) is 12.1 Å². The van der Waals surface area contributed by atoms with Gasteiger partial charge in [-0.2, -0.15) is 0 Å². The fourth-order valence-corrected chi connectivity index (χ4v) is 2.78. The van der Waals surface area contributed by atoms with Crippen LogP contribution < -0.4 is 0 Å². The molecule has 1 aromatic rings. The molecule has 110 valence electrons. The van der Waals surface area contributed by atoms with Gasteiger partial charge in [0, 0.05) is 5.56 Å².